The molecular formula is C17H22O2. The van der Waals surface area contributed by atoms with Crippen molar-refractivity contribution in [3.8, 4) is 0 Å². The number of benzene rings is 1. The number of carbonyl (C=O) groups excluding carboxylic acids is 1. The molecular weight excluding hydrogens is 236 g/mol. The van der Waals surface area contributed by atoms with Gasteiger partial charge < -0.3 is 4.74 Å². The van der Waals surface area contributed by atoms with Gasteiger partial charge in [-0.05, 0) is 56.7 Å². The van der Waals surface area contributed by atoms with Gasteiger partial charge in [0, 0.05) is 6.08 Å². The van der Waals surface area contributed by atoms with E-state index in [4.69, 9.17) is 4.74 Å². The number of hydrogen-bond acceptors (Lipinski definition) is 2. The molecule has 0 bridgehead atoms. The van der Waals surface area contributed by atoms with E-state index in [-0.39, 0.29) is 12.1 Å². The van der Waals surface area contributed by atoms with Gasteiger partial charge in [-0.1, -0.05) is 30.2 Å². The summed E-state index contributed by atoms with van der Waals surface area (Å²) in [5.41, 5.74) is 3.46. The molecule has 19 heavy (non-hydrogen) atoms. The highest BCUT2D eigenvalue weighted by Gasteiger charge is 2.16. The Balaban J connectivity index is 1.93. The van der Waals surface area contributed by atoms with Gasteiger partial charge in [0.05, 0.1) is 0 Å². The topological polar surface area (TPSA) is 26.3 Å². The predicted molar refractivity (Wildman–Crippen MR) is 77.9 cm³/mol. The van der Waals surface area contributed by atoms with Gasteiger partial charge in [0.15, 0.2) is 0 Å². The predicted octanol–water partition coefficient (Wildman–Crippen LogP) is 4.19. The summed E-state index contributed by atoms with van der Waals surface area (Å²) >= 11 is 0. The molecule has 0 amide bonds. The highest BCUT2D eigenvalue weighted by molar-refractivity contribution is 5.87. The quantitative estimate of drug-likeness (QED) is 0.600. The first-order valence-electron chi connectivity index (χ1n) is 7.11. The molecule has 2 heteroatoms. The molecule has 102 valence electrons. The number of rotatable bonds is 3. The number of carbonyl (C=O) groups is 1. The van der Waals surface area contributed by atoms with Crippen LogP contribution >= 0.6 is 0 Å². The van der Waals surface area contributed by atoms with Gasteiger partial charge in [-0.2, -0.15) is 0 Å². The summed E-state index contributed by atoms with van der Waals surface area (Å²) in [6.07, 6.45) is 9.20. The maximum atomic E-state index is 11.8. The van der Waals surface area contributed by atoms with E-state index in [0.717, 1.165) is 18.4 Å². The van der Waals surface area contributed by atoms with Gasteiger partial charge in [0.25, 0.3) is 0 Å². The molecule has 0 heterocycles. The van der Waals surface area contributed by atoms with Gasteiger partial charge in [-0.3, -0.25) is 0 Å². The van der Waals surface area contributed by atoms with Crippen LogP contribution in [0.3, 0.4) is 0 Å². The number of aryl methyl sites for hydroxylation is 2. The number of esters is 1. The molecule has 0 aromatic heterocycles. The lowest BCUT2D eigenvalue weighted by Crippen LogP contribution is -2.19. The fourth-order valence-electron chi connectivity index (χ4n) is 2.48. The lowest BCUT2D eigenvalue weighted by molar-refractivity contribution is -0.144. The first-order valence-corrected chi connectivity index (χ1v) is 7.11. The molecule has 1 fully saturated rings. The van der Waals surface area contributed by atoms with E-state index in [1.807, 2.05) is 13.0 Å². The first-order chi connectivity index (χ1) is 9.15. The second-order valence-electron chi connectivity index (χ2n) is 5.39. The van der Waals surface area contributed by atoms with Crippen molar-refractivity contribution in [3.05, 3.63) is 41.0 Å². The summed E-state index contributed by atoms with van der Waals surface area (Å²) in [5.74, 6) is -0.215. The third-order valence-electron chi connectivity index (χ3n) is 3.67. The molecule has 0 atom stereocenters. The van der Waals surface area contributed by atoms with Crippen molar-refractivity contribution in [1.29, 1.82) is 0 Å². The Hall–Kier alpha value is -1.57. The Morgan fingerprint density at radius 3 is 2.68 bits per heavy atom. The Labute approximate surface area is 115 Å². The van der Waals surface area contributed by atoms with Crippen LogP contribution in [0.15, 0.2) is 24.3 Å². The average Bonchev–Trinajstić information content (AvgIpc) is 2.41. The SMILES string of the molecule is Cc1ccc(C)c(C=CC(=O)OC2CCCCC2)c1. The number of ether oxygens (including phenoxy) is 1. The zero-order valence-corrected chi connectivity index (χ0v) is 11.8. The third-order valence-corrected chi connectivity index (χ3v) is 3.67. The van der Waals surface area contributed by atoms with Crippen LogP contribution in [0.4, 0.5) is 0 Å². The molecule has 2 nitrogen and oxygen atoms in total. The van der Waals surface area contributed by atoms with Crippen LogP contribution in [-0.4, -0.2) is 12.1 Å². The molecule has 1 aromatic rings. The van der Waals surface area contributed by atoms with Crippen molar-refractivity contribution in [2.24, 2.45) is 0 Å². The minimum absolute atomic E-state index is 0.129. The van der Waals surface area contributed by atoms with Crippen LogP contribution in [0.1, 0.15) is 48.8 Å². The summed E-state index contributed by atoms with van der Waals surface area (Å²) in [5, 5.41) is 0. The highest BCUT2D eigenvalue weighted by atomic mass is 16.5. The molecule has 1 saturated carbocycles. The van der Waals surface area contributed by atoms with Crippen LogP contribution in [0.5, 0.6) is 0 Å². The van der Waals surface area contributed by atoms with Crippen LogP contribution < -0.4 is 0 Å². The zero-order chi connectivity index (χ0) is 13.7. The summed E-state index contributed by atoms with van der Waals surface area (Å²) < 4.78 is 5.46. The zero-order valence-electron chi connectivity index (χ0n) is 11.8. The Morgan fingerprint density at radius 2 is 1.95 bits per heavy atom. The Morgan fingerprint density at radius 1 is 1.21 bits per heavy atom. The second-order valence-corrected chi connectivity index (χ2v) is 5.39. The van der Waals surface area contributed by atoms with Crippen molar-refractivity contribution >= 4 is 12.0 Å². The van der Waals surface area contributed by atoms with E-state index in [0.29, 0.717) is 0 Å². The summed E-state index contributed by atoms with van der Waals surface area (Å²) in [6, 6.07) is 6.23. The van der Waals surface area contributed by atoms with Crippen molar-refractivity contribution in [2.45, 2.75) is 52.1 Å². The van der Waals surface area contributed by atoms with Gasteiger partial charge in [0.1, 0.15) is 6.10 Å². The van der Waals surface area contributed by atoms with Gasteiger partial charge in [-0.15, -0.1) is 0 Å². The molecule has 0 N–H and O–H groups in total. The fourth-order valence-corrected chi connectivity index (χ4v) is 2.48. The first kappa shape index (κ1) is 13.9. The van der Waals surface area contributed by atoms with Crippen LogP contribution in [0.2, 0.25) is 0 Å². The molecule has 0 saturated heterocycles. The molecule has 2 rings (SSSR count). The minimum Gasteiger partial charge on any atom is -0.459 e. The van der Waals surface area contributed by atoms with E-state index >= 15 is 0 Å². The maximum absolute atomic E-state index is 11.8. The molecule has 0 spiro atoms. The van der Waals surface area contributed by atoms with E-state index in [1.165, 1.54) is 30.4 Å². The lowest BCUT2D eigenvalue weighted by atomic mass is 9.98. The van der Waals surface area contributed by atoms with Crippen LogP contribution in [0, 0.1) is 13.8 Å². The second kappa shape index (κ2) is 6.55. The largest absolute Gasteiger partial charge is 0.459 e. The molecule has 1 aliphatic carbocycles. The number of hydrogen-bond donors (Lipinski definition) is 0. The van der Waals surface area contributed by atoms with Gasteiger partial charge in [0.2, 0.25) is 0 Å². The van der Waals surface area contributed by atoms with Gasteiger partial charge >= 0.3 is 5.97 Å². The maximum Gasteiger partial charge on any atom is 0.331 e. The van der Waals surface area contributed by atoms with E-state index in [2.05, 4.69) is 25.1 Å². The molecule has 0 unspecified atom stereocenters. The third kappa shape index (κ3) is 4.23. The average molecular weight is 258 g/mol. The van der Waals surface area contributed by atoms with Gasteiger partial charge in [-0.25, -0.2) is 4.79 Å². The van der Waals surface area contributed by atoms with E-state index < -0.39 is 0 Å². The van der Waals surface area contributed by atoms with E-state index in [9.17, 15) is 4.79 Å². The van der Waals surface area contributed by atoms with Crippen molar-refractivity contribution in [3.63, 3.8) is 0 Å². The molecule has 0 aliphatic heterocycles. The molecule has 0 radical (unpaired) electrons. The summed E-state index contributed by atoms with van der Waals surface area (Å²) in [4.78, 5) is 11.8. The Kier molecular flexibility index (Phi) is 4.78. The summed E-state index contributed by atoms with van der Waals surface area (Å²) in [7, 11) is 0. The summed E-state index contributed by atoms with van der Waals surface area (Å²) in [6.45, 7) is 4.10. The highest BCUT2D eigenvalue weighted by Crippen LogP contribution is 2.20. The van der Waals surface area contributed by atoms with Crippen molar-refractivity contribution in [2.75, 3.05) is 0 Å². The van der Waals surface area contributed by atoms with Crippen LogP contribution in [-0.2, 0) is 9.53 Å². The smallest absolute Gasteiger partial charge is 0.331 e. The standard InChI is InChI=1S/C17H22O2/c1-13-8-9-14(2)15(12-13)10-11-17(18)19-16-6-4-3-5-7-16/h8-12,16H,3-7H2,1-2H3. The molecule has 1 aliphatic rings. The van der Waals surface area contributed by atoms with E-state index in [1.54, 1.807) is 6.08 Å². The van der Waals surface area contributed by atoms with Crippen LogP contribution in [0.25, 0.3) is 6.08 Å². The Bertz CT molecular complexity index is 468. The lowest BCUT2D eigenvalue weighted by Gasteiger charge is -2.20. The minimum atomic E-state index is -0.215. The normalized spacial score (nSPS) is 16.7. The monoisotopic (exact) mass is 258 g/mol. The fraction of sp³-hybridized carbons (Fsp3) is 0.471. The molecule has 1 aromatic carbocycles. The van der Waals surface area contributed by atoms with Crippen molar-refractivity contribution in [1.82, 2.24) is 0 Å². The van der Waals surface area contributed by atoms with Crippen molar-refractivity contribution < 1.29 is 9.53 Å².